The molecule has 0 radical (unpaired) electrons. The Balaban J connectivity index is 1.78. The highest BCUT2D eigenvalue weighted by Crippen LogP contribution is 2.26. The number of rotatable bonds is 7. The summed E-state index contributed by atoms with van der Waals surface area (Å²) in [6.07, 6.45) is -8.95. The molecule has 0 bridgehead atoms. The number of nitrogens with zero attached hydrogens (tertiary/aromatic N) is 6. The van der Waals surface area contributed by atoms with Gasteiger partial charge >= 0.3 is 11.9 Å². The van der Waals surface area contributed by atoms with E-state index in [0.717, 1.165) is 21.5 Å². The normalized spacial score (nSPS) is 13.6. The van der Waals surface area contributed by atoms with Gasteiger partial charge in [0.05, 0.1) is 17.3 Å². The fraction of sp³-hybridized carbons (Fsp3) is 0.273. The highest BCUT2D eigenvalue weighted by atomic mass is 35.5. The smallest absolute Gasteiger partial charge is 0.385 e. The van der Waals surface area contributed by atoms with Crippen LogP contribution in [-0.2, 0) is 13.1 Å². The van der Waals surface area contributed by atoms with Crippen molar-refractivity contribution < 1.29 is 27.8 Å². The van der Waals surface area contributed by atoms with Gasteiger partial charge in [-0.1, -0.05) is 23.2 Å². The van der Waals surface area contributed by atoms with Gasteiger partial charge in [0.2, 0.25) is 0 Å². The molecule has 9 nitrogen and oxygen atoms in total. The first-order chi connectivity index (χ1) is 17.3. The first-order valence-electron chi connectivity index (χ1n) is 10.6. The van der Waals surface area contributed by atoms with Crippen molar-refractivity contribution in [1.82, 2.24) is 29.1 Å². The molecule has 0 aliphatic heterocycles. The maximum Gasteiger partial charge on any atom is 0.416 e. The van der Waals surface area contributed by atoms with Crippen LogP contribution in [0, 0.1) is 5.82 Å². The molecule has 0 unspecified atom stereocenters. The van der Waals surface area contributed by atoms with Crippen molar-refractivity contribution >= 4 is 23.2 Å². The monoisotopic (exact) mass is 560 g/mol. The number of aliphatic hydroxyl groups is 2. The zero-order chi connectivity index (χ0) is 27.1. The fourth-order valence-electron chi connectivity index (χ4n) is 3.47. The molecule has 37 heavy (non-hydrogen) atoms. The average molecular weight is 561 g/mol. The van der Waals surface area contributed by atoms with Crippen molar-refractivity contribution in [3.63, 3.8) is 0 Å². The largest absolute Gasteiger partial charge is 0.416 e. The Hall–Kier alpha value is -3.26. The Labute approximate surface area is 216 Å². The molecule has 196 valence electrons. The molecule has 15 heteroatoms. The zero-order valence-electron chi connectivity index (χ0n) is 18.9. The lowest BCUT2D eigenvalue weighted by atomic mass is 10.2. The van der Waals surface area contributed by atoms with Crippen molar-refractivity contribution in [1.29, 1.82) is 0 Å². The Morgan fingerprint density at radius 2 is 1.73 bits per heavy atom. The second-order valence-electron chi connectivity index (χ2n) is 8.01. The molecule has 0 saturated heterocycles. The molecule has 2 heterocycles. The van der Waals surface area contributed by atoms with Crippen LogP contribution in [0.4, 0.5) is 17.6 Å². The minimum absolute atomic E-state index is 0.0152. The van der Waals surface area contributed by atoms with Crippen LogP contribution < -0.4 is 5.69 Å². The molecule has 0 aliphatic rings. The maximum atomic E-state index is 13.5. The first kappa shape index (κ1) is 26.8. The number of aromatic nitrogens is 6. The molecule has 0 spiro atoms. The minimum atomic E-state index is -4.97. The Morgan fingerprint density at radius 1 is 1.05 bits per heavy atom. The van der Waals surface area contributed by atoms with Crippen LogP contribution >= 0.6 is 23.2 Å². The van der Waals surface area contributed by atoms with Gasteiger partial charge in [-0.05, 0) is 49.4 Å². The van der Waals surface area contributed by atoms with Crippen molar-refractivity contribution in [2.75, 3.05) is 0 Å². The fourth-order valence-corrected chi connectivity index (χ4v) is 3.84. The first-order valence-corrected chi connectivity index (χ1v) is 11.4. The lowest BCUT2D eigenvalue weighted by Gasteiger charge is -2.15. The minimum Gasteiger partial charge on any atom is -0.385 e. The summed E-state index contributed by atoms with van der Waals surface area (Å²) >= 11 is 12.0. The van der Waals surface area contributed by atoms with E-state index in [1.54, 1.807) is 0 Å². The summed E-state index contributed by atoms with van der Waals surface area (Å²) in [6.45, 7) is -0.105. The van der Waals surface area contributed by atoms with Gasteiger partial charge in [0.1, 0.15) is 18.5 Å². The summed E-state index contributed by atoms with van der Waals surface area (Å²) in [6, 6.07) is 9.34. The van der Waals surface area contributed by atoms with Crippen LogP contribution in [0.15, 0.2) is 47.3 Å². The van der Waals surface area contributed by atoms with Crippen molar-refractivity contribution in [2.45, 2.75) is 38.4 Å². The lowest BCUT2D eigenvalue weighted by Crippen LogP contribution is -2.37. The number of hydrogen-bond donors (Lipinski definition) is 2. The van der Waals surface area contributed by atoms with Crippen LogP contribution in [0.25, 0.3) is 17.1 Å². The highest BCUT2D eigenvalue weighted by molar-refractivity contribution is 6.32. The van der Waals surface area contributed by atoms with E-state index >= 15 is 0 Å². The quantitative estimate of drug-likeness (QED) is 0.333. The number of aliphatic hydroxyl groups excluding tert-OH is 2. The molecule has 2 aromatic carbocycles. The van der Waals surface area contributed by atoms with Crippen LogP contribution in [-0.4, -0.2) is 51.6 Å². The predicted molar refractivity (Wildman–Crippen MR) is 125 cm³/mol. The third-order valence-corrected chi connectivity index (χ3v) is 5.79. The summed E-state index contributed by atoms with van der Waals surface area (Å²) in [4.78, 5) is 17.3. The zero-order valence-corrected chi connectivity index (χ0v) is 20.4. The maximum absolute atomic E-state index is 13.5. The van der Waals surface area contributed by atoms with E-state index in [1.165, 1.54) is 37.3 Å². The Morgan fingerprint density at radius 3 is 2.32 bits per heavy atom. The molecule has 2 atom stereocenters. The third-order valence-electron chi connectivity index (χ3n) is 5.24. The molecule has 2 N–H and O–H groups in total. The molecule has 0 aliphatic carbocycles. The molecular weight excluding hydrogens is 543 g/mol. The molecule has 2 aromatic heterocycles. The number of benzene rings is 2. The van der Waals surface area contributed by atoms with Crippen LogP contribution in [0.1, 0.15) is 24.7 Å². The van der Waals surface area contributed by atoms with Gasteiger partial charge in [-0.15, -0.1) is 10.2 Å². The Bertz CT molecular complexity index is 1480. The van der Waals surface area contributed by atoms with Gasteiger partial charge in [-0.2, -0.15) is 13.2 Å². The summed E-state index contributed by atoms with van der Waals surface area (Å²) < 4.78 is 55.4. The van der Waals surface area contributed by atoms with Gasteiger partial charge in [0, 0.05) is 10.6 Å². The second kappa shape index (κ2) is 10.2. The van der Waals surface area contributed by atoms with Crippen LogP contribution in [0.3, 0.4) is 0 Å². The standard InChI is InChI=1S/C22H18Cl2F4N6O3/c1-11(35)19-29-18(30-34(19)16-7-6-14(25)8-15(16)24)10-33-21(37)32(9-17(36)22(26,27)28)20(31-33)12-2-4-13(23)5-3-12/h2-8,11,17,35-36H,9-10H2,1H3/t11-,17-/m0/s1. The number of alkyl halides is 3. The second-order valence-corrected chi connectivity index (χ2v) is 8.85. The van der Waals surface area contributed by atoms with Crippen molar-refractivity contribution in [3.8, 4) is 17.1 Å². The van der Waals surface area contributed by atoms with Crippen molar-refractivity contribution in [3.05, 3.63) is 80.5 Å². The van der Waals surface area contributed by atoms with Gasteiger partial charge < -0.3 is 10.2 Å². The van der Waals surface area contributed by atoms with E-state index in [-0.39, 0.29) is 33.7 Å². The molecule has 4 aromatic rings. The number of hydrogen-bond acceptors (Lipinski definition) is 6. The summed E-state index contributed by atoms with van der Waals surface area (Å²) in [5.74, 6) is -0.772. The van der Waals surface area contributed by atoms with Gasteiger partial charge in [0.25, 0.3) is 0 Å². The molecule has 4 rings (SSSR count). The summed E-state index contributed by atoms with van der Waals surface area (Å²) in [7, 11) is 0. The average Bonchev–Trinajstić information content (AvgIpc) is 3.36. The number of halogens is 6. The van der Waals surface area contributed by atoms with Crippen LogP contribution in [0.2, 0.25) is 10.0 Å². The van der Waals surface area contributed by atoms with E-state index in [2.05, 4.69) is 15.2 Å². The van der Waals surface area contributed by atoms with Gasteiger partial charge in [0.15, 0.2) is 23.6 Å². The highest BCUT2D eigenvalue weighted by Gasteiger charge is 2.39. The lowest BCUT2D eigenvalue weighted by molar-refractivity contribution is -0.207. The van der Waals surface area contributed by atoms with Gasteiger partial charge in [-0.25, -0.2) is 23.5 Å². The van der Waals surface area contributed by atoms with E-state index in [0.29, 0.717) is 9.59 Å². The van der Waals surface area contributed by atoms with Crippen molar-refractivity contribution in [2.24, 2.45) is 0 Å². The Kier molecular flexibility index (Phi) is 7.42. The van der Waals surface area contributed by atoms with E-state index in [9.17, 15) is 32.6 Å². The molecule has 0 amide bonds. The predicted octanol–water partition coefficient (Wildman–Crippen LogP) is 3.76. The van der Waals surface area contributed by atoms with Gasteiger partial charge in [-0.3, -0.25) is 4.57 Å². The third kappa shape index (κ3) is 5.69. The SMILES string of the molecule is C[C@H](O)c1nc(Cn2nc(-c3ccc(Cl)cc3)n(C[C@H](O)C(F)(F)F)c2=O)nn1-c1ccc(F)cc1Cl. The summed E-state index contributed by atoms with van der Waals surface area (Å²) in [5, 5.41) is 28.5. The van der Waals surface area contributed by atoms with E-state index in [1.807, 2.05) is 0 Å². The molecule has 0 saturated carbocycles. The van der Waals surface area contributed by atoms with Crippen LogP contribution in [0.5, 0.6) is 0 Å². The molecular formula is C22H18Cl2F4N6O3. The molecule has 0 fully saturated rings. The van der Waals surface area contributed by atoms with E-state index < -0.39 is 43.0 Å². The van der Waals surface area contributed by atoms with E-state index in [4.69, 9.17) is 23.2 Å². The topological polar surface area (TPSA) is 111 Å². The summed E-state index contributed by atoms with van der Waals surface area (Å²) in [5.41, 5.74) is -0.496.